The van der Waals surface area contributed by atoms with Crippen LogP contribution in [0.2, 0.25) is 0 Å². The number of aromatic amines is 1. The van der Waals surface area contributed by atoms with Gasteiger partial charge < -0.3 is 10.6 Å². The molecule has 0 saturated heterocycles. The SMILES string of the molecule is O=C(Nc1ccccc1NCCc1ccccn1)c1ccn[nH]1. The van der Waals surface area contributed by atoms with Crippen molar-refractivity contribution in [1.29, 1.82) is 0 Å². The smallest absolute Gasteiger partial charge is 0.273 e. The highest BCUT2D eigenvalue weighted by Crippen LogP contribution is 2.21. The molecular weight excluding hydrogens is 290 g/mol. The standard InChI is InChI=1S/C17H17N5O/c23-17(16-9-12-20-22-16)21-15-7-2-1-6-14(15)19-11-8-13-5-3-4-10-18-13/h1-7,9-10,12,19H,8,11H2,(H,20,22)(H,21,23). The van der Waals surface area contributed by atoms with Crippen LogP contribution in [0.4, 0.5) is 11.4 Å². The van der Waals surface area contributed by atoms with Crippen LogP contribution in [0.3, 0.4) is 0 Å². The number of anilines is 2. The number of aromatic nitrogens is 3. The topological polar surface area (TPSA) is 82.7 Å². The zero-order valence-corrected chi connectivity index (χ0v) is 12.5. The van der Waals surface area contributed by atoms with Gasteiger partial charge in [0.15, 0.2) is 0 Å². The summed E-state index contributed by atoms with van der Waals surface area (Å²) in [6.07, 6.45) is 4.14. The molecule has 0 unspecified atom stereocenters. The first kappa shape index (κ1) is 14.8. The Morgan fingerprint density at radius 1 is 1.00 bits per heavy atom. The molecule has 0 saturated carbocycles. The molecule has 2 aromatic heterocycles. The van der Waals surface area contributed by atoms with E-state index in [1.165, 1.54) is 0 Å². The number of carbonyl (C=O) groups is 1. The van der Waals surface area contributed by atoms with Gasteiger partial charge >= 0.3 is 0 Å². The minimum atomic E-state index is -0.221. The number of nitrogens with one attached hydrogen (secondary N) is 3. The van der Waals surface area contributed by atoms with Gasteiger partial charge in [-0.3, -0.25) is 14.9 Å². The molecule has 1 aromatic carbocycles. The molecule has 0 aliphatic rings. The first-order valence-corrected chi connectivity index (χ1v) is 7.36. The van der Waals surface area contributed by atoms with Crippen molar-refractivity contribution in [3.05, 3.63) is 72.3 Å². The van der Waals surface area contributed by atoms with Gasteiger partial charge in [-0.05, 0) is 30.3 Å². The molecule has 1 amide bonds. The number of amides is 1. The molecule has 0 aliphatic carbocycles. The van der Waals surface area contributed by atoms with E-state index in [0.717, 1.165) is 30.0 Å². The van der Waals surface area contributed by atoms with Crippen molar-refractivity contribution in [1.82, 2.24) is 15.2 Å². The summed E-state index contributed by atoms with van der Waals surface area (Å²) in [7, 11) is 0. The lowest BCUT2D eigenvalue weighted by Gasteiger charge is -2.12. The summed E-state index contributed by atoms with van der Waals surface area (Å²) in [5, 5.41) is 12.6. The highest BCUT2D eigenvalue weighted by atomic mass is 16.1. The average molecular weight is 307 g/mol. The molecule has 0 atom stereocenters. The molecule has 6 nitrogen and oxygen atoms in total. The van der Waals surface area contributed by atoms with Crippen molar-refractivity contribution >= 4 is 17.3 Å². The van der Waals surface area contributed by atoms with Crippen molar-refractivity contribution < 1.29 is 4.79 Å². The first-order chi connectivity index (χ1) is 11.3. The van der Waals surface area contributed by atoms with Crippen LogP contribution in [0.25, 0.3) is 0 Å². The highest BCUT2D eigenvalue weighted by Gasteiger charge is 2.09. The molecule has 0 spiro atoms. The quantitative estimate of drug-likeness (QED) is 0.654. The number of pyridine rings is 1. The lowest BCUT2D eigenvalue weighted by atomic mass is 10.2. The van der Waals surface area contributed by atoms with Crippen molar-refractivity contribution in [3.8, 4) is 0 Å². The zero-order chi connectivity index (χ0) is 15.9. The third-order valence-corrected chi connectivity index (χ3v) is 3.34. The fourth-order valence-corrected chi connectivity index (χ4v) is 2.19. The molecule has 3 aromatic rings. The predicted molar refractivity (Wildman–Crippen MR) is 89.4 cm³/mol. The van der Waals surface area contributed by atoms with Crippen molar-refractivity contribution in [2.75, 3.05) is 17.2 Å². The largest absolute Gasteiger partial charge is 0.383 e. The van der Waals surface area contributed by atoms with Gasteiger partial charge in [-0.15, -0.1) is 0 Å². The maximum atomic E-state index is 12.1. The number of hydrogen-bond acceptors (Lipinski definition) is 4. The molecule has 0 aliphatic heterocycles. The third kappa shape index (κ3) is 3.94. The molecule has 3 rings (SSSR count). The van der Waals surface area contributed by atoms with Gasteiger partial charge in [0.2, 0.25) is 0 Å². The number of rotatable bonds is 6. The van der Waals surface area contributed by atoms with Crippen LogP contribution in [-0.2, 0) is 6.42 Å². The maximum absolute atomic E-state index is 12.1. The highest BCUT2D eigenvalue weighted by molar-refractivity contribution is 6.04. The molecule has 0 fully saturated rings. The Hall–Kier alpha value is -3.15. The Morgan fingerprint density at radius 2 is 1.83 bits per heavy atom. The summed E-state index contributed by atoms with van der Waals surface area (Å²) in [6, 6.07) is 15.1. The van der Waals surface area contributed by atoms with Crippen LogP contribution in [0, 0.1) is 0 Å². The Bertz CT molecular complexity index is 756. The second kappa shape index (κ2) is 7.22. The van der Waals surface area contributed by atoms with Gasteiger partial charge in [0, 0.05) is 31.1 Å². The van der Waals surface area contributed by atoms with E-state index in [1.807, 2.05) is 42.5 Å². The number of carbonyl (C=O) groups excluding carboxylic acids is 1. The van der Waals surface area contributed by atoms with Crippen LogP contribution in [-0.4, -0.2) is 27.6 Å². The number of para-hydroxylation sites is 2. The lowest BCUT2D eigenvalue weighted by Crippen LogP contribution is -2.15. The second-order valence-electron chi connectivity index (χ2n) is 4.97. The molecule has 3 N–H and O–H groups in total. The van der Waals surface area contributed by atoms with Crippen molar-refractivity contribution in [2.45, 2.75) is 6.42 Å². The molecule has 23 heavy (non-hydrogen) atoms. The summed E-state index contributed by atoms with van der Waals surface area (Å²) >= 11 is 0. The van der Waals surface area contributed by atoms with Crippen LogP contribution in [0.1, 0.15) is 16.2 Å². The fourth-order valence-electron chi connectivity index (χ4n) is 2.19. The van der Waals surface area contributed by atoms with Gasteiger partial charge in [-0.1, -0.05) is 18.2 Å². The average Bonchev–Trinajstić information content (AvgIpc) is 3.12. The molecule has 6 heteroatoms. The molecule has 0 bridgehead atoms. The Morgan fingerprint density at radius 3 is 2.57 bits per heavy atom. The molecule has 0 radical (unpaired) electrons. The van der Waals surface area contributed by atoms with E-state index in [-0.39, 0.29) is 5.91 Å². The minimum Gasteiger partial charge on any atom is -0.383 e. The summed E-state index contributed by atoms with van der Waals surface area (Å²) < 4.78 is 0. The normalized spacial score (nSPS) is 10.3. The molecular formula is C17H17N5O. The van der Waals surface area contributed by atoms with E-state index in [1.54, 1.807) is 18.5 Å². The van der Waals surface area contributed by atoms with Crippen molar-refractivity contribution in [3.63, 3.8) is 0 Å². The second-order valence-corrected chi connectivity index (χ2v) is 4.97. The van der Waals surface area contributed by atoms with E-state index in [4.69, 9.17) is 0 Å². The molecule has 2 heterocycles. The van der Waals surface area contributed by atoms with E-state index < -0.39 is 0 Å². The van der Waals surface area contributed by atoms with Crippen LogP contribution < -0.4 is 10.6 Å². The maximum Gasteiger partial charge on any atom is 0.273 e. The summed E-state index contributed by atoms with van der Waals surface area (Å²) in [4.78, 5) is 16.4. The van der Waals surface area contributed by atoms with Gasteiger partial charge in [-0.2, -0.15) is 5.10 Å². The summed E-state index contributed by atoms with van der Waals surface area (Å²) in [5.41, 5.74) is 3.05. The Labute approximate surface area is 134 Å². The Kier molecular flexibility index (Phi) is 4.63. The number of benzene rings is 1. The van der Waals surface area contributed by atoms with Gasteiger partial charge in [-0.25, -0.2) is 0 Å². The fraction of sp³-hybridized carbons (Fsp3) is 0.118. The van der Waals surface area contributed by atoms with Crippen LogP contribution in [0.5, 0.6) is 0 Å². The lowest BCUT2D eigenvalue weighted by molar-refractivity contribution is 0.102. The first-order valence-electron chi connectivity index (χ1n) is 7.36. The van der Waals surface area contributed by atoms with Gasteiger partial charge in [0.1, 0.15) is 5.69 Å². The van der Waals surface area contributed by atoms with Gasteiger partial charge in [0.25, 0.3) is 5.91 Å². The van der Waals surface area contributed by atoms with E-state index in [2.05, 4.69) is 25.8 Å². The predicted octanol–water partition coefficient (Wildman–Crippen LogP) is 2.71. The van der Waals surface area contributed by atoms with E-state index >= 15 is 0 Å². The third-order valence-electron chi connectivity index (χ3n) is 3.34. The van der Waals surface area contributed by atoms with E-state index in [0.29, 0.717) is 5.69 Å². The number of H-pyrrole nitrogens is 1. The van der Waals surface area contributed by atoms with Crippen molar-refractivity contribution in [2.24, 2.45) is 0 Å². The minimum absolute atomic E-state index is 0.221. The Balaban J connectivity index is 1.62. The summed E-state index contributed by atoms with van der Waals surface area (Å²) in [6.45, 7) is 0.730. The van der Waals surface area contributed by atoms with E-state index in [9.17, 15) is 4.79 Å². The van der Waals surface area contributed by atoms with Crippen LogP contribution >= 0.6 is 0 Å². The zero-order valence-electron chi connectivity index (χ0n) is 12.5. The summed E-state index contributed by atoms with van der Waals surface area (Å²) in [5.74, 6) is -0.221. The molecule has 116 valence electrons. The number of nitrogens with zero attached hydrogens (tertiary/aromatic N) is 2. The number of hydrogen-bond donors (Lipinski definition) is 3. The van der Waals surface area contributed by atoms with Gasteiger partial charge in [0.05, 0.1) is 11.4 Å². The van der Waals surface area contributed by atoms with Crippen LogP contribution in [0.15, 0.2) is 60.9 Å². The monoisotopic (exact) mass is 307 g/mol.